The summed E-state index contributed by atoms with van der Waals surface area (Å²) < 4.78 is 0. The second-order valence-corrected chi connectivity index (χ2v) is 16.9. The fourth-order valence-corrected chi connectivity index (χ4v) is 13.2. The molecule has 12 aliphatic carbocycles. The minimum Gasteiger partial charge on any atom is -0.299 e. The number of carbonyl (C=O) groups excluding carboxylic acids is 6. The highest BCUT2D eigenvalue weighted by Gasteiger charge is 2.64. The molecule has 0 heterocycles. The third-order valence-corrected chi connectivity index (χ3v) is 15.0. The van der Waals surface area contributed by atoms with Gasteiger partial charge < -0.3 is 0 Å². The van der Waals surface area contributed by atoms with Gasteiger partial charge in [-0.2, -0.15) is 0 Å². The zero-order chi connectivity index (χ0) is 32.6. The lowest BCUT2D eigenvalue weighted by atomic mass is 9.60. The van der Waals surface area contributed by atoms with E-state index < -0.39 is 0 Å². The number of Topliss-reactive ketones (excluding diaryl/α,β-unsaturated/α-hetero) is 4. The summed E-state index contributed by atoms with van der Waals surface area (Å²) in [5.41, 5.74) is 0. The minimum absolute atomic E-state index is 0.00139. The number of rotatable bonds is 0. The van der Waals surface area contributed by atoms with Crippen molar-refractivity contribution in [3.05, 3.63) is 72.9 Å². The Morgan fingerprint density at radius 2 is 0.583 bits per heavy atom. The zero-order valence-electron chi connectivity index (χ0n) is 27.0. The van der Waals surface area contributed by atoms with Crippen LogP contribution in [0.5, 0.6) is 0 Å². The first-order chi connectivity index (χ1) is 23.3. The Bertz CT molecular complexity index is 1580. The summed E-state index contributed by atoms with van der Waals surface area (Å²) in [5.74, 6) is 5.07. The molecule has 8 bridgehead atoms. The van der Waals surface area contributed by atoms with Crippen molar-refractivity contribution >= 4 is 34.7 Å². The van der Waals surface area contributed by atoms with Gasteiger partial charge in [0.25, 0.3) is 0 Å². The van der Waals surface area contributed by atoms with Gasteiger partial charge in [0.05, 0.1) is 0 Å². The first-order valence-electron chi connectivity index (χ1n) is 18.6. The molecule has 6 nitrogen and oxygen atoms in total. The molecule has 0 aliphatic heterocycles. The number of hydrogen-bond donors (Lipinski definition) is 0. The first-order valence-corrected chi connectivity index (χ1v) is 18.6. The zero-order valence-corrected chi connectivity index (χ0v) is 27.0. The number of fused-ring (bicyclic) bond motifs is 21. The van der Waals surface area contributed by atoms with E-state index in [-0.39, 0.29) is 70.7 Å². The second-order valence-electron chi connectivity index (χ2n) is 16.9. The van der Waals surface area contributed by atoms with Crippen LogP contribution in [0.25, 0.3) is 0 Å². The van der Waals surface area contributed by atoms with Crippen LogP contribution < -0.4 is 0 Å². The molecule has 0 N–H and O–H groups in total. The van der Waals surface area contributed by atoms with E-state index in [1.54, 1.807) is 0 Å². The predicted octanol–water partition coefficient (Wildman–Crippen LogP) is 5.31. The quantitative estimate of drug-likeness (QED) is 0.332. The maximum Gasteiger partial charge on any atom is 0.160 e. The molecule has 6 saturated carbocycles. The van der Waals surface area contributed by atoms with Crippen LogP contribution in [-0.4, -0.2) is 34.7 Å². The smallest absolute Gasteiger partial charge is 0.160 e. The van der Waals surface area contributed by atoms with Crippen LogP contribution in [0.4, 0.5) is 0 Å². The molecule has 0 aromatic heterocycles. The Morgan fingerprint density at radius 3 is 0.875 bits per heavy atom. The van der Waals surface area contributed by atoms with Crippen molar-refractivity contribution in [1.82, 2.24) is 0 Å². The summed E-state index contributed by atoms with van der Waals surface area (Å²) in [7, 11) is 0. The third-order valence-electron chi connectivity index (χ3n) is 15.0. The van der Waals surface area contributed by atoms with Crippen molar-refractivity contribution in [2.24, 2.45) is 107 Å². The molecule has 16 unspecified atom stereocenters. The molecule has 18 atom stereocenters. The predicted molar refractivity (Wildman–Crippen MR) is 175 cm³/mol. The molecular weight excluding hydrogens is 600 g/mol. The topological polar surface area (TPSA) is 102 Å². The molecule has 0 amide bonds. The summed E-state index contributed by atoms with van der Waals surface area (Å²) in [4.78, 5) is 73.8. The van der Waals surface area contributed by atoms with Gasteiger partial charge >= 0.3 is 0 Å². The van der Waals surface area contributed by atoms with Gasteiger partial charge in [-0.05, 0) is 98.0 Å². The molecule has 48 heavy (non-hydrogen) atoms. The van der Waals surface area contributed by atoms with Gasteiger partial charge in [0.15, 0.2) is 11.6 Å². The Balaban J connectivity index is 0.0000000936. The Labute approximate surface area is 280 Å². The largest absolute Gasteiger partial charge is 0.299 e. The van der Waals surface area contributed by atoms with E-state index in [2.05, 4.69) is 60.8 Å². The van der Waals surface area contributed by atoms with Gasteiger partial charge in [-0.1, -0.05) is 60.8 Å². The van der Waals surface area contributed by atoms with Crippen LogP contribution in [0.2, 0.25) is 0 Å². The fourth-order valence-electron chi connectivity index (χ4n) is 13.2. The van der Waals surface area contributed by atoms with Crippen LogP contribution in [0.15, 0.2) is 72.9 Å². The third kappa shape index (κ3) is 3.92. The highest BCUT2D eigenvalue weighted by atomic mass is 16.2. The summed E-state index contributed by atoms with van der Waals surface area (Å²) in [5, 5.41) is 0. The fraction of sp³-hybridized carbons (Fsp3) is 0.571. The lowest BCUT2D eigenvalue weighted by Crippen LogP contribution is -2.50. The van der Waals surface area contributed by atoms with Crippen LogP contribution in [-0.2, 0) is 28.8 Å². The molecule has 6 heteroatoms. The van der Waals surface area contributed by atoms with Crippen LogP contribution in [0, 0.1) is 107 Å². The number of allylic oxidation sites excluding steroid dienone is 12. The van der Waals surface area contributed by atoms with E-state index in [9.17, 15) is 28.8 Å². The molecule has 12 rings (SSSR count). The molecule has 246 valence electrons. The molecule has 0 spiro atoms. The van der Waals surface area contributed by atoms with Gasteiger partial charge in [0.2, 0.25) is 0 Å². The van der Waals surface area contributed by atoms with E-state index in [4.69, 9.17) is 0 Å². The highest BCUT2D eigenvalue weighted by Crippen LogP contribution is 2.61. The average molecular weight is 643 g/mol. The van der Waals surface area contributed by atoms with E-state index in [0.29, 0.717) is 70.5 Å². The molecule has 0 aromatic carbocycles. The van der Waals surface area contributed by atoms with Gasteiger partial charge in [0, 0.05) is 59.2 Å². The molecule has 6 fully saturated rings. The molecule has 12 aliphatic rings. The monoisotopic (exact) mass is 642 g/mol. The summed E-state index contributed by atoms with van der Waals surface area (Å²) in [6.07, 6.45) is 30.2. The van der Waals surface area contributed by atoms with Gasteiger partial charge in [0.1, 0.15) is 23.1 Å². The maximum atomic E-state index is 12.8. The normalized spacial score (nSPS) is 52.2. The number of ketones is 6. The Hall–Kier alpha value is -3.54. The van der Waals surface area contributed by atoms with Crippen molar-refractivity contribution in [3.63, 3.8) is 0 Å². The van der Waals surface area contributed by atoms with Crippen LogP contribution in [0.1, 0.15) is 38.5 Å². The average Bonchev–Trinajstić information content (AvgIpc) is 3.97. The van der Waals surface area contributed by atoms with Crippen LogP contribution in [0.3, 0.4) is 0 Å². The lowest BCUT2D eigenvalue weighted by Gasteiger charge is -2.40. The SMILES string of the molecule is O=C1C2C3C=CC(C3)C2C(=O)C2C3C=CC(C3)C12.O=C1C2C3C=CC(C3)C2C(=O)[C@@H]2CC=CC[C@H]12.O=C1C=CC(=O)C2C3C=CC(C3)C12. The molecule has 0 radical (unpaired) electrons. The van der Waals surface area contributed by atoms with Crippen molar-refractivity contribution in [2.45, 2.75) is 38.5 Å². The maximum absolute atomic E-state index is 12.8. The molecule has 0 aromatic rings. The Morgan fingerprint density at radius 1 is 0.333 bits per heavy atom. The summed E-state index contributed by atoms with van der Waals surface area (Å²) in [6.45, 7) is 0. The van der Waals surface area contributed by atoms with Crippen molar-refractivity contribution in [3.8, 4) is 0 Å². The van der Waals surface area contributed by atoms with Gasteiger partial charge in [-0.25, -0.2) is 0 Å². The number of hydrogen-bond acceptors (Lipinski definition) is 6. The standard InChI is InChI=1S/C16H16O2.C15H16O2.C11H10O2/c17-15-11-7-1-2-8(5-7)12(11)16(18)14-10-4-3-9(6-10)13(14)15;16-14-10-3-1-2-4-11(10)15(17)13-9-6-5-8(7-9)12(13)14;12-8-3-4-9(13)11-7-2-1-6(5-7)10(8)11/h1-4,7-14H,5-6H2;1-2,5-6,8-13H,3-4,7H2;1-4,6-7,10-11H,5H2/t;8?,9?,10-,11+,12?,13?;. The van der Waals surface area contributed by atoms with Crippen LogP contribution >= 0.6 is 0 Å². The minimum atomic E-state index is -0.0208. The van der Waals surface area contributed by atoms with Gasteiger partial charge in [-0.15, -0.1) is 0 Å². The first kappa shape index (κ1) is 29.4. The molecule has 0 saturated heterocycles. The lowest BCUT2D eigenvalue weighted by molar-refractivity contribution is -0.148. The van der Waals surface area contributed by atoms with E-state index in [1.807, 2.05) is 0 Å². The van der Waals surface area contributed by atoms with Crippen molar-refractivity contribution in [1.29, 1.82) is 0 Å². The van der Waals surface area contributed by atoms with Gasteiger partial charge in [-0.3, -0.25) is 28.8 Å². The van der Waals surface area contributed by atoms with Crippen molar-refractivity contribution in [2.75, 3.05) is 0 Å². The highest BCUT2D eigenvalue weighted by molar-refractivity contribution is 6.08. The number of carbonyl (C=O) groups is 6. The Kier molecular flexibility index (Phi) is 6.42. The van der Waals surface area contributed by atoms with E-state index in [0.717, 1.165) is 38.5 Å². The second kappa shape index (κ2) is 10.5. The summed E-state index contributed by atoms with van der Waals surface area (Å²) in [6, 6.07) is 0. The van der Waals surface area contributed by atoms with E-state index in [1.165, 1.54) is 12.2 Å². The molecular formula is C42H42O6. The summed E-state index contributed by atoms with van der Waals surface area (Å²) >= 11 is 0. The van der Waals surface area contributed by atoms with Crippen molar-refractivity contribution < 1.29 is 28.8 Å². The van der Waals surface area contributed by atoms with E-state index >= 15 is 0 Å².